The number of benzene rings is 9. The first-order valence-corrected chi connectivity index (χ1v) is 20.2. The lowest BCUT2D eigenvalue weighted by molar-refractivity contribution is 0.660. The average Bonchev–Trinajstić information content (AvgIpc) is 3.53. The van der Waals surface area contributed by atoms with Crippen LogP contribution in [0.3, 0.4) is 0 Å². The molecule has 0 fully saturated rings. The zero-order valence-electron chi connectivity index (χ0n) is 32.8. The Morgan fingerprint density at radius 3 is 1.40 bits per heavy atom. The van der Waals surface area contributed by atoms with E-state index in [9.17, 15) is 0 Å². The molecular formula is C57H43N. The van der Waals surface area contributed by atoms with Crippen molar-refractivity contribution in [3.8, 4) is 66.8 Å². The van der Waals surface area contributed by atoms with Crippen LogP contribution in [0.1, 0.15) is 25.0 Å². The van der Waals surface area contributed by atoms with Crippen LogP contribution < -0.4 is 4.90 Å². The lowest BCUT2D eigenvalue weighted by Gasteiger charge is -2.31. The summed E-state index contributed by atoms with van der Waals surface area (Å²) in [6, 6.07) is 81.9. The minimum absolute atomic E-state index is 0.138. The molecule has 1 aliphatic rings. The van der Waals surface area contributed by atoms with Gasteiger partial charge in [0.1, 0.15) is 0 Å². The van der Waals surface area contributed by atoms with E-state index in [-0.39, 0.29) is 5.41 Å². The topological polar surface area (TPSA) is 3.24 Å². The van der Waals surface area contributed by atoms with Gasteiger partial charge in [-0.25, -0.2) is 0 Å². The van der Waals surface area contributed by atoms with Gasteiger partial charge in [0.25, 0.3) is 0 Å². The molecule has 9 aromatic carbocycles. The summed E-state index contributed by atoms with van der Waals surface area (Å²) in [5.74, 6) is 0. The summed E-state index contributed by atoms with van der Waals surface area (Å²) in [5.41, 5.74) is 20.5. The largest absolute Gasteiger partial charge is 0.310 e. The summed E-state index contributed by atoms with van der Waals surface area (Å²) < 4.78 is 0. The molecule has 0 saturated heterocycles. The highest BCUT2D eigenvalue weighted by molar-refractivity contribution is 5.98. The fraction of sp³-hybridized carbons (Fsp3) is 0.0526. The van der Waals surface area contributed by atoms with Crippen LogP contribution in [0, 0.1) is 0 Å². The highest BCUT2D eigenvalue weighted by atomic mass is 15.1. The molecule has 0 bridgehead atoms. The maximum absolute atomic E-state index is 2.47. The zero-order chi connectivity index (χ0) is 39.1. The maximum atomic E-state index is 2.47. The lowest BCUT2D eigenvalue weighted by atomic mass is 9.82. The van der Waals surface area contributed by atoms with E-state index in [2.05, 4.69) is 243 Å². The van der Waals surface area contributed by atoms with Crippen LogP contribution in [0.25, 0.3) is 66.8 Å². The molecule has 10 rings (SSSR count). The Morgan fingerprint density at radius 2 is 0.741 bits per heavy atom. The molecule has 0 atom stereocenters. The van der Waals surface area contributed by atoms with Crippen molar-refractivity contribution in [1.82, 2.24) is 0 Å². The molecule has 0 unspecified atom stereocenters. The molecule has 0 N–H and O–H groups in total. The van der Waals surface area contributed by atoms with Crippen LogP contribution in [0.5, 0.6) is 0 Å². The summed E-state index contributed by atoms with van der Waals surface area (Å²) in [4.78, 5) is 2.47. The van der Waals surface area contributed by atoms with Gasteiger partial charge in [0.15, 0.2) is 0 Å². The van der Waals surface area contributed by atoms with E-state index in [4.69, 9.17) is 0 Å². The second-order valence-electron chi connectivity index (χ2n) is 15.7. The normalized spacial score (nSPS) is 12.4. The molecule has 276 valence electrons. The van der Waals surface area contributed by atoms with Crippen molar-refractivity contribution in [2.75, 3.05) is 4.90 Å². The van der Waals surface area contributed by atoms with Crippen molar-refractivity contribution >= 4 is 17.1 Å². The highest BCUT2D eigenvalue weighted by Crippen LogP contribution is 2.52. The Morgan fingerprint density at radius 1 is 0.293 bits per heavy atom. The molecule has 9 aromatic rings. The molecule has 0 radical (unpaired) electrons. The van der Waals surface area contributed by atoms with Crippen molar-refractivity contribution in [2.45, 2.75) is 19.3 Å². The van der Waals surface area contributed by atoms with Gasteiger partial charge >= 0.3 is 0 Å². The predicted molar refractivity (Wildman–Crippen MR) is 246 cm³/mol. The van der Waals surface area contributed by atoms with Gasteiger partial charge in [0, 0.05) is 22.4 Å². The van der Waals surface area contributed by atoms with Crippen molar-refractivity contribution in [3.63, 3.8) is 0 Å². The SMILES string of the molecule is CC1(C)c2ccccc2-c2ccc(N(c3ccc(-c4ccccc4)cc3)c3cccc(-c4cccc(-c5ccccc5)c4)c3-c3ccc(-c4ccccc4)cc3)cc21. The second-order valence-corrected chi connectivity index (χ2v) is 15.7. The van der Waals surface area contributed by atoms with Gasteiger partial charge in [-0.05, 0) is 109 Å². The van der Waals surface area contributed by atoms with Crippen LogP contribution in [-0.2, 0) is 5.41 Å². The molecule has 0 amide bonds. The predicted octanol–water partition coefficient (Wildman–Crippen LogP) is 15.8. The Balaban J connectivity index is 1.20. The third kappa shape index (κ3) is 6.32. The van der Waals surface area contributed by atoms with Crippen LogP contribution in [0.2, 0.25) is 0 Å². The smallest absolute Gasteiger partial charge is 0.0546 e. The van der Waals surface area contributed by atoms with E-state index in [1.54, 1.807) is 0 Å². The van der Waals surface area contributed by atoms with Crippen molar-refractivity contribution in [2.24, 2.45) is 0 Å². The molecule has 1 nitrogen and oxygen atoms in total. The number of fused-ring (bicyclic) bond motifs is 3. The van der Waals surface area contributed by atoms with E-state index < -0.39 is 0 Å². The van der Waals surface area contributed by atoms with Crippen molar-refractivity contribution in [3.05, 3.63) is 236 Å². The van der Waals surface area contributed by atoms with Gasteiger partial charge in [-0.15, -0.1) is 0 Å². The summed E-state index contributed by atoms with van der Waals surface area (Å²) in [5, 5.41) is 0. The monoisotopic (exact) mass is 741 g/mol. The number of rotatable bonds is 8. The quantitative estimate of drug-likeness (QED) is 0.150. The third-order valence-corrected chi connectivity index (χ3v) is 11.9. The minimum Gasteiger partial charge on any atom is -0.310 e. The van der Waals surface area contributed by atoms with E-state index >= 15 is 0 Å². The Hall–Kier alpha value is -7.22. The maximum Gasteiger partial charge on any atom is 0.0546 e. The standard InChI is InChI=1S/C57H43N/c1-57(2)53-26-13-12-24-51(53)52-37-36-49(39-54(52)57)58(48-34-32-44(33-35-48)41-18-8-4-9-19-41)55-27-15-25-50(47-23-14-22-46(38-47)42-20-10-5-11-21-42)56(55)45-30-28-43(29-31-45)40-16-6-3-7-17-40/h3-39H,1-2H3. The number of hydrogen-bond donors (Lipinski definition) is 0. The van der Waals surface area contributed by atoms with Crippen molar-refractivity contribution in [1.29, 1.82) is 0 Å². The van der Waals surface area contributed by atoms with E-state index in [0.717, 1.165) is 22.6 Å². The van der Waals surface area contributed by atoms with E-state index in [1.165, 1.54) is 72.3 Å². The Labute approximate surface area is 342 Å². The van der Waals surface area contributed by atoms with Crippen molar-refractivity contribution < 1.29 is 0 Å². The summed E-state index contributed by atoms with van der Waals surface area (Å²) >= 11 is 0. The molecular weight excluding hydrogens is 699 g/mol. The van der Waals surface area contributed by atoms with Crippen LogP contribution in [0.15, 0.2) is 224 Å². The third-order valence-electron chi connectivity index (χ3n) is 11.9. The zero-order valence-corrected chi connectivity index (χ0v) is 32.8. The van der Waals surface area contributed by atoms with Crippen LogP contribution >= 0.6 is 0 Å². The van der Waals surface area contributed by atoms with Gasteiger partial charge < -0.3 is 4.90 Å². The molecule has 1 heteroatoms. The molecule has 0 spiro atoms. The average molecular weight is 742 g/mol. The molecule has 0 aliphatic heterocycles. The van der Waals surface area contributed by atoms with Gasteiger partial charge in [-0.3, -0.25) is 0 Å². The first-order valence-electron chi connectivity index (χ1n) is 20.2. The number of anilines is 3. The fourth-order valence-electron chi connectivity index (χ4n) is 8.92. The Kier molecular flexibility index (Phi) is 8.92. The van der Waals surface area contributed by atoms with Gasteiger partial charge in [0.05, 0.1) is 5.69 Å². The van der Waals surface area contributed by atoms with E-state index in [0.29, 0.717) is 0 Å². The molecule has 0 aromatic heterocycles. The van der Waals surface area contributed by atoms with Gasteiger partial charge in [-0.2, -0.15) is 0 Å². The fourth-order valence-corrected chi connectivity index (χ4v) is 8.92. The molecule has 0 saturated carbocycles. The number of nitrogens with zero attached hydrogens (tertiary/aromatic N) is 1. The van der Waals surface area contributed by atoms with Gasteiger partial charge in [-0.1, -0.05) is 202 Å². The minimum atomic E-state index is -0.138. The summed E-state index contributed by atoms with van der Waals surface area (Å²) in [6.45, 7) is 4.72. The molecule has 1 aliphatic carbocycles. The van der Waals surface area contributed by atoms with Gasteiger partial charge in [0.2, 0.25) is 0 Å². The first kappa shape index (κ1) is 35.2. The van der Waals surface area contributed by atoms with Crippen LogP contribution in [0.4, 0.5) is 17.1 Å². The highest BCUT2D eigenvalue weighted by Gasteiger charge is 2.36. The molecule has 58 heavy (non-hydrogen) atoms. The molecule has 0 heterocycles. The first-order chi connectivity index (χ1) is 28.5. The summed E-state index contributed by atoms with van der Waals surface area (Å²) in [7, 11) is 0. The Bertz CT molecular complexity index is 2870. The number of hydrogen-bond acceptors (Lipinski definition) is 1. The lowest BCUT2D eigenvalue weighted by Crippen LogP contribution is -2.17. The summed E-state index contributed by atoms with van der Waals surface area (Å²) in [6.07, 6.45) is 0. The van der Waals surface area contributed by atoms with E-state index in [1.807, 2.05) is 0 Å². The second kappa shape index (κ2) is 14.7. The van der Waals surface area contributed by atoms with Crippen LogP contribution in [-0.4, -0.2) is 0 Å².